The van der Waals surface area contributed by atoms with Crippen LogP contribution in [0.15, 0.2) is 24.5 Å². The number of aromatic nitrogens is 2. The number of carbonyl (C=O) groups is 1. The first-order valence-corrected chi connectivity index (χ1v) is 7.50. The largest absolute Gasteiger partial charge is 0.353 e. The molecule has 2 aromatic heterocycles. The van der Waals surface area contributed by atoms with Crippen LogP contribution in [0.2, 0.25) is 0 Å². The molecule has 1 saturated carbocycles. The van der Waals surface area contributed by atoms with E-state index in [-0.39, 0.29) is 5.91 Å². The van der Waals surface area contributed by atoms with Crippen molar-refractivity contribution in [3.63, 3.8) is 0 Å². The summed E-state index contributed by atoms with van der Waals surface area (Å²) < 4.78 is 2.10. The Kier molecular flexibility index (Phi) is 3.72. The number of fused-ring (bicyclic) bond motifs is 1. The van der Waals surface area contributed by atoms with Gasteiger partial charge in [0.15, 0.2) is 0 Å². The maximum Gasteiger partial charge on any atom is 0.224 e. The van der Waals surface area contributed by atoms with E-state index in [1.807, 2.05) is 12.1 Å². The van der Waals surface area contributed by atoms with Crippen molar-refractivity contribution >= 4 is 16.9 Å². The van der Waals surface area contributed by atoms with Crippen LogP contribution in [0.1, 0.15) is 38.2 Å². The average Bonchev–Trinajstić information content (AvgIpc) is 3.07. The highest BCUT2D eigenvalue weighted by molar-refractivity contribution is 5.87. The van der Waals surface area contributed by atoms with Crippen LogP contribution in [0.3, 0.4) is 0 Å². The number of amides is 1. The normalized spacial score (nSPS) is 15.8. The van der Waals surface area contributed by atoms with Crippen LogP contribution in [0.5, 0.6) is 0 Å². The fourth-order valence-electron chi connectivity index (χ4n) is 3.10. The van der Waals surface area contributed by atoms with Crippen molar-refractivity contribution in [3.05, 3.63) is 30.1 Å². The molecular formula is C16H21N3O. The van der Waals surface area contributed by atoms with Gasteiger partial charge in [-0.3, -0.25) is 4.79 Å². The molecule has 0 spiro atoms. The summed E-state index contributed by atoms with van der Waals surface area (Å²) in [5.74, 6) is 0.135. The number of pyridine rings is 1. The third-order valence-corrected chi connectivity index (χ3v) is 4.13. The molecule has 0 bridgehead atoms. The van der Waals surface area contributed by atoms with E-state index in [9.17, 15) is 4.79 Å². The third kappa shape index (κ3) is 2.55. The van der Waals surface area contributed by atoms with E-state index >= 15 is 0 Å². The number of nitrogens with zero attached hydrogens (tertiary/aromatic N) is 2. The zero-order valence-electron chi connectivity index (χ0n) is 11.9. The summed E-state index contributed by atoms with van der Waals surface area (Å²) in [5, 5.41) is 4.24. The van der Waals surface area contributed by atoms with E-state index in [2.05, 4.69) is 28.0 Å². The molecule has 0 aromatic carbocycles. The van der Waals surface area contributed by atoms with Gasteiger partial charge in [-0.15, -0.1) is 0 Å². The highest BCUT2D eigenvalue weighted by Gasteiger charge is 2.18. The minimum absolute atomic E-state index is 0.135. The molecule has 4 heteroatoms. The van der Waals surface area contributed by atoms with Crippen molar-refractivity contribution in [2.24, 2.45) is 0 Å². The van der Waals surface area contributed by atoms with Gasteiger partial charge in [-0.05, 0) is 37.5 Å². The number of hydrogen-bond acceptors (Lipinski definition) is 2. The molecule has 2 aromatic rings. The number of rotatable bonds is 4. The zero-order valence-corrected chi connectivity index (χ0v) is 11.9. The highest BCUT2D eigenvalue weighted by Crippen LogP contribution is 2.21. The van der Waals surface area contributed by atoms with Crippen molar-refractivity contribution in [2.45, 2.75) is 51.6 Å². The Labute approximate surface area is 119 Å². The molecule has 4 nitrogen and oxygen atoms in total. The van der Waals surface area contributed by atoms with Crippen LogP contribution in [-0.2, 0) is 17.8 Å². The molecule has 1 fully saturated rings. The fraction of sp³-hybridized carbons (Fsp3) is 0.500. The quantitative estimate of drug-likeness (QED) is 0.929. The minimum atomic E-state index is 0.135. The standard InChI is InChI=1S/C16H21N3O/c1-2-19-11-12(14-8-5-9-17-16(14)19)10-15(20)18-13-6-3-4-7-13/h5,8-9,11,13H,2-4,6-7,10H2,1H3,(H,18,20). The molecule has 1 N–H and O–H groups in total. The van der Waals surface area contributed by atoms with Crippen molar-refractivity contribution in [3.8, 4) is 0 Å². The van der Waals surface area contributed by atoms with Crippen LogP contribution >= 0.6 is 0 Å². The first kappa shape index (κ1) is 13.2. The van der Waals surface area contributed by atoms with E-state index in [0.29, 0.717) is 12.5 Å². The Morgan fingerprint density at radius 3 is 3.00 bits per heavy atom. The molecule has 0 atom stereocenters. The predicted octanol–water partition coefficient (Wildman–Crippen LogP) is 2.66. The summed E-state index contributed by atoms with van der Waals surface area (Å²) in [6, 6.07) is 4.37. The van der Waals surface area contributed by atoms with Gasteiger partial charge in [0.1, 0.15) is 5.65 Å². The minimum Gasteiger partial charge on any atom is -0.353 e. The Balaban J connectivity index is 1.78. The van der Waals surface area contributed by atoms with Crippen LogP contribution in [0.4, 0.5) is 0 Å². The van der Waals surface area contributed by atoms with Crippen molar-refractivity contribution in [1.82, 2.24) is 14.9 Å². The Morgan fingerprint density at radius 1 is 1.45 bits per heavy atom. The first-order chi connectivity index (χ1) is 9.78. The maximum atomic E-state index is 12.2. The molecule has 3 rings (SSSR count). The average molecular weight is 271 g/mol. The molecular weight excluding hydrogens is 250 g/mol. The van der Waals surface area contributed by atoms with Gasteiger partial charge in [0, 0.05) is 30.4 Å². The van der Waals surface area contributed by atoms with Crippen molar-refractivity contribution < 1.29 is 4.79 Å². The lowest BCUT2D eigenvalue weighted by Crippen LogP contribution is -2.33. The lowest BCUT2D eigenvalue weighted by Gasteiger charge is -2.11. The lowest BCUT2D eigenvalue weighted by atomic mass is 10.1. The molecule has 1 amide bonds. The monoisotopic (exact) mass is 271 g/mol. The predicted molar refractivity (Wildman–Crippen MR) is 79.5 cm³/mol. The summed E-state index contributed by atoms with van der Waals surface area (Å²) in [4.78, 5) is 16.6. The second-order valence-electron chi connectivity index (χ2n) is 5.54. The molecule has 0 radical (unpaired) electrons. The fourth-order valence-corrected chi connectivity index (χ4v) is 3.10. The zero-order chi connectivity index (χ0) is 13.9. The summed E-state index contributed by atoms with van der Waals surface area (Å²) in [5.41, 5.74) is 2.05. The number of hydrogen-bond donors (Lipinski definition) is 1. The second kappa shape index (κ2) is 5.65. The molecule has 0 saturated heterocycles. The van der Waals surface area contributed by atoms with Gasteiger partial charge in [-0.25, -0.2) is 4.98 Å². The molecule has 0 aliphatic heterocycles. The Bertz CT molecular complexity index is 611. The van der Waals surface area contributed by atoms with Gasteiger partial charge in [-0.1, -0.05) is 12.8 Å². The second-order valence-corrected chi connectivity index (χ2v) is 5.54. The molecule has 20 heavy (non-hydrogen) atoms. The summed E-state index contributed by atoms with van der Waals surface area (Å²) >= 11 is 0. The van der Waals surface area contributed by atoms with Gasteiger partial charge in [0.2, 0.25) is 5.91 Å². The molecule has 2 heterocycles. The Hall–Kier alpha value is -1.84. The van der Waals surface area contributed by atoms with Crippen LogP contribution in [-0.4, -0.2) is 21.5 Å². The van der Waals surface area contributed by atoms with E-state index in [1.165, 1.54) is 12.8 Å². The van der Waals surface area contributed by atoms with Gasteiger partial charge >= 0.3 is 0 Å². The van der Waals surface area contributed by atoms with Crippen LogP contribution < -0.4 is 5.32 Å². The molecule has 1 aliphatic rings. The number of carbonyl (C=O) groups excluding carboxylic acids is 1. The number of nitrogens with one attached hydrogen (secondary N) is 1. The van der Waals surface area contributed by atoms with Crippen LogP contribution in [0.25, 0.3) is 11.0 Å². The highest BCUT2D eigenvalue weighted by atomic mass is 16.1. The van der Waals surface area contributed by atoms with Gasteiger partial charge in [0.25, 0.3) is 0 Å². The topological polar surface area (TPSA) is 46.9 Å². The van der Waals surface area contributed by atoms with Crippen LogP contribution in [0, 0.1) is 0 Å². The molecule has 106 valence electrons. The lowest BCUT2D eigenvalue weighted by molar-refractivity contribution is -0.121. The number of aryl methyl sites for hydroxylation is 1. The smallest absolute Gasteiger partial charge is 0.224 e. The summed E-state index contributed by atoms with van der Waals surface area (Å²) in [6.07, 6.45) is 9.05. The Morgan fingerprint density at radius 2 is 2.25 bits per heavy atom. The van der Waals surface area contributed by atoms with Gasteiger partial charge in [-0.2, -0.15) is 0 Å². The van der Waals surface area contributed by atoms with Gasteiger partial charge < -0.3 is 9.88 Å². The van der Waals surface area contributed by atoms with Crippen molar-refractivity contribution in [1.29, 1.82) is 0 Å². The van der Waals surface area contributed by atoms with E-state index in [1.54, 1.807) is 6.20 Å². The van der Waals surface area contributed by atoms with Crippen molar-refractivity contribution in [2.75, 3.05) is 0 Å². The SMILES string of the molecule is CCn1cc(CC(=O)NC2CCCC2)c2cccnc21. The van der Waals surface area contributed by atoms with E-state index in [4.69, 9.17) is 0 Å². The van der Waals surface area contributed by atoms with Gasteiger partial charge in [0.05, 0.1) is 6.42 Å². The van der Waals surface area contributed by atoms with E-state index in [0.717, 1.165) is 36.0 Å². The molecule has 0 unspecified atom stereocenters. The van der Waals surface area contributed by atoms with E-state index < -0.39 is 0 Å². The summed E-state index contributed by atoms with van der Waals surface area (Å²) in [7, 11) is 0. The maximum absolute atomic E-state index is 12.2. The first-order valence-electron chi connectivity index (χ1n) is 7.50. The summed E-state index contributed by atoms with van der Waals surface area (Å²) in [6.45, 7) is 2.97. The third-order valence-electron chi connectivity index (χ3n) is 4.13. The molecule has 1 aliphatic carbocycles.